The van der Waals surface area contributed by atoms with Gasteiger partial charge in [-0.2, -0.15) is 0 Å². The molecule has 2 unspecified atom stereocenters. The second kappa shape index (κ2) is 7.43. The van der Waals surface area contributed by atoms with Crippen molar-refractivity contribution in [2.45, 2.75) is 56.7 Å². The van der Waals surface area contributed by atoms with Gasteiger partial charge in [-0.1, -0.05) is 6.42 Å². The third kappa shape index (κ3) is 3.66. The van der Waals surface area contributed by atoms with Gasteiger partial charge in [0.1, 0.15) is 11.5 Å². The standard InChI is InChI=1S/C19H28N2O3/c1-21-15-5-4-6-16(21)12-14(11-15)20-19(22)10-13-9-17(23-2)7-8-18(13)24-3/h7-9,14-16H,4-6,10-12H2,1-3H3,(H,20,22). The molecular weight excluding hydrogens is 304 g/mol. The third-order valence-electron chi connectivity index (χ3n) is 5.54. The second-order valence-electron chi connectivity index (χ2n) is 6.99. The Balaban J connectivity index is 1.62. The summed E-state index contributed by atoms with van der Waals surface area (Å²) in [5, 5.41) is 3.24. The van der Waals surface area contributed by atoms with Crippen molar-refractivity contribution in [2.24, 2.45) is 0 Å². The van der Waals surface area contributed by atoms with Crippen LogP contribution in [0.4, 0.5) is 0 Å². The smallest absolute Gasteiger partial charge is 0.224 e. The van der Waals surface area contributed by atoms with Crippen molar-refractivity contribution < 1.29 is 14.3 Å². The molecule has 0 spiro atoms. The second-order valence-corrected chi connectivity index (χ2v) is 6.99. The highest BCUT2D eigenvalue weighted by molar-refractivity contribution is 5.79. The highest BCUT2D eigenvalue weighted by atomic mass is 16.5. The van der Waals surface area contributed by atoms with E-state index in [0.717, 1.165) is 29.9 Å². The van der Waals surface area contributed by atoms with Crippen LogP contribution in [0, 0.1) is 0 Å². The zero-order chi connectivity index (χ0) is 17.1. The van der Waals surface area contributed by atoms with Crippen molar-refractivity contribution in [1.82, 2.24) is 10.2 Å². The Bertz CT molecular complexity index is 576. The van der Waals surface area contributed by atoms with Gasteiger partial charge < -0.3 is 19.7 Å². The SMILES string of the molecule is COc1ccc(OC)c(CC(=O)NC2CC3CCCC(C2)N3C)c1. The quantitative estimate of drug-likeness (QED) is 0.899. The van der Waals surface area contributed by atoms with Crippen molar-refractivity contribution in [3.63, 3.8) is 0 Å². The molecule has 1 N–H and O–H groups in total. The van der Waals surface area contributed by atoms with Gasteiger partial charge in [-0.25, -0.2) is 0 Å². The van der Waals surface area contributed by atoms with Crippen LogP contribution in [0.15, 0.2) is 18.2 Å². The average Bonchev–Trinajstić information content (AvgIpc) is 2.55. The van der Waals surface area contributed by atoms with Crippen molar-refractivity contribution in [1.29, 1.82) is 0 Å². The van der Waals surface area contributed by atoms with E-state index < -0.39 is 0 Å². The van der Waals surface area contributed by atoms with Gasteiger partial charge in [0.05, 0.1) is 20.6 Å². The number of nitrogens with one attached hydrogen (secondary N) is 1. The monoisotopic (exact) mass is 332 g/mol. The first-order valence-corrected chi connectivity index (χ1v) is 8.83. The summed E-state index contributed by atoms with van der Waals surface area (Å²) in [5.41, 5.74) is 0.863. The Kier molecular flexibility index (Phi) is 5.29. The largest absolute Gasteiger partial charge is 0.497 e. The van der Waals surface area contributed by atoms with Gasteiger partial charge in [0.2, 0.25) is 5.91 Å². The first kappa shape index (κ1) is 17.1. The number of nitrogens with zero attached hydrogens (tertiary/aromatic N) is 1. The molecule has 2 aliphatic heterocycles. The minimum Gasteiger partial charge on any atom is -0.497 e. The molecule has 2 bridgehead atoms. The number of benzene rings is 1. The molecule has 2 aliphatic rings. The maximum absolute atomic E-state index is 12.5. The summed E-state index contributed by atoms with van der Waals surface area (Å²) in [6, 6.07) is 7.10. The summed E-state index contributed by atoms with van der Waals surface area (Å²) in [6.07, 6.45) is 6.28. The van der Waals surface area contributed by atoms with Crippen LogP contribution in [0.1, 0.15) is 37.7 Å². The van der Waals surface area contributed by atoms with E-state index in [1.165, 1.54) is 19.3 Å². The predicted octanol–water partition coefficient (Wildman–Crippen LogP) is 2.38. The van der Waals surface area contributed by atoms with Crippen LogP contribution in [0.3, 0.4) is 0 Å². The van der Waals surface area contributed by atoms with Crippen LogP contribution < -0.4 is 14.8 Å². The van der Waals surface area contributed by atoms with Gasteiger partial charge >= 0.3 is 0 Å². The van der Waals surface area contributed by atoms with Gasteiger partial charge in [-0.3, -0.25) is 4.79 Å². The highest BCUT2D eigenvalue weighted by Crippen LogP contribution is 2.32. The lowest BCUT2D eigenvalue weighted by molar-refractivity contribution is -0.122. The van der Waals surface area contributed by atoms with Crippen LogP contribution in [-0.2, 0) is 11.2 Å². The number of carbonyl (C=O) groups excluding carboxylic acids is 1. The zero-order valence-corrected chi connectivity index (χ0v) is 14.9. The number of hydrogen-bond acceptors (Lipinski definition) is 4. The first-order chi connectivity index (χ1) is 11.6. The lowest BCUT2D eigenvalue weighted by Gasteiger charge is -2.47. The van der Waals surface area contributed by atoms with Crippen LogP contribution >= 0.6 is 0 Å². The number of fused-ring (bicyclic) bond motifs is 2. The number of hydrogen-bond donors (Lipinski definition) is 1. The maximum atomic E-state index is 12.5. The Morgan fingerprint density at radius 3 is 2.54 bits per heavy atom. The Morgan fingerprint density at radius 1 is 1.21 bits per heavy atom. The van der Waals surface area contributed by atoms with Crippen LogP contribution in [0.5, 0.6) is 11.5 Å². The van der Waals surface area contributed by atoms with E-state index >= 15 is 0 Å². The molecule has 0 saturated carbocycles. The fraction of sp³-hybridized carbons (Fsp3) is 0.632. The van der Waals surface area contributed by atoms with Gasteiger partial charge in [0.25, 0.3) is 0 Å². The molecule has 1 aromatic carbocycles. The van der Waals surface area contributed by atoms with Crippen LogP contribution in [0.2, 0.25) is 0 Å². The lowest BCUT2D eigenvalue weighted by atomic mass is 9.82. The molecular formula is C19H28N2O3. The van der Waals surface area contributed by atoms with Crippen molar-refractivity contribution in [3.05, 3.63) is 23.8 Å². The molecule has 3 rings (SSSR count). The van der Waals surface area contributed by atoms with Crippen LogP contribution in [0.25, 0.3) is 0 Å². The molecule has 24 heavy (non-hydrogen) atoms. The molecule has 0 aromatic heterocycles. The van der Waals surface area contributed by atoms with E-state index in [-0.39, 0.29) is 5.91 Å². The number of carbonyl (C=O) groups is 1. The Morgan fingerprint density at radius 2 is 1.92 bits per heavy atom. The number of piperidine rings is 2. The van der Waals surface area contributed by atoms with E-state index in [0.29, 0.717) is 24.5 Å². The summed E-state index contributed by atoms with van der Waals surface area (Å²) < 4.78 is 10.6. The molecule has 2 heterocycles. The van der Waals surface area contributed by atoms with E-state index in [2.05, 4.69) is 17.3 Å². The van der Waals surface area contributed by atoms with Gasteiger partial charge in [-0.05, 0) is 50.9 Å². The normalized spacial score (nSPS) is 26.7. The average molecular weight is 332 g/mol. The number of amides is 1. The molecule has 2 saturated heterocycles. The van der Waals surface area contributed by atoms with Gasteiger partial charge in [0.15, 0.2) is 0 Å². The van der Waals surface area contributed by atoms with Gasteiger partial charge in [-0.15, -0.1) is 0 Å². The van der Waals surface area contributed by atoms with Crippen molar-refractivity contribution in [3.8, 4) is 11.5 Å². The molecule has 2 atom stereocenters. The van der Waals surface area contributed by atoms with Gasteiger partial charge in [0, 0.05) is 23.7 Å². The summed E-state index contributed by atoms with van der Waals surface area (Å²) in [5.74, 6) is 1.53. The van der Waals surface area contributed by atoms with E-state index in [1.807, 2.05) is 18.2 Å². The fourth-order valence-corrected chi connectivity index (χ4v) is 4.21. The molecule has 1 amide bonds. The van der Waals surface area contributed by atoms with E-state index in [9.17, 15) is 4.79 Å². The molecule has 1 aromatic rings. The minimum absolute atomic E-state index is 0.0641. The van der Waals surface area contributed by atoms with Crippen molar-refractivity contribution >= 4 is 5.91 Å². The highest BCUT2D eigenvalue weighted by Gasteiger charge is 2.36. The summed E-state index contributed by atoms with van der Waals surface area (Å²) in [4.78, 5) is 15.0. The number of rotatable bonds is 5. The first-order valence-electron chi connectivity index (χ1n) is 8.83. The predicted molar refractivity (Wildman–Crippen MR) is 93.6 cm³/mol. The van der Waals surface area contributed by atoms with Crippen molar-refractivity contribution in [2.75, 3.05) is 21.3 Å². The summed E-state index contributed by atoms with van der Waals surface area (Å²) >= 11 is 0. The summed E-state index contributed by atoms with van der Waals surface area (Å²) in [7, 11) is 5.48. The zero-order valence-electron chi connectivity index (χ0n) is 14.9. The molecule has 132 valence electrons. The van der Waals surface area contributed by atoms with E-state index in [1.54, 1.807) is 14.2 Å². The van der Waals surface area contributed by atoms with Crippen LogP contribution in [-0.4, -0.2) is 50.2 Å². The lowest BCUT2D eigenvalue weighted by Crippen LogP contribution is -2.55. The molecule has 0 radical (unpaired) electrons. The molecule has 2 fully saturated rings. The number of ether oxygens (including phenoxy) is 2. The van der Waals surface area contributed by atoms with E-state index in [4.69, 9.17) is 9.47 Å². The number of methoxy groups -OCH3 is 2. The minimum atomic E-state index is 0.0641. The Labute approximate surface area is 144 Å². The maximum Gasteiger partial charge on any atom is 0.224 e. The summed E-state index contributed by atoms with van der Waals surface area (Å²) in [6.45, 7) is 0. The molecule has 5 nitrogen and oxygen atoms in total. The topological polar surface area (TPSA) is 50.8 Å². The molecule has 0 aliphatic carbocycles. The third-order valence-corrected chi connectivity index (χ3v) is 5.54. The Hall–Kier alpha value is -1.75. The fourth-order valence-electron chi connectivity index (χ4n) is 4.21. The molecule has 5 heteroatoms.